The number of amides is 2. The molecule has 1 aliphatic carbocycles. The molecular formula is C19H28N4O3S. The number of hydrogen-bond acceptors (Lipinski definition) is 6. The van der Waals surface area contributed by atoms with Crippen LogP contribution in [0.15, 0.2) is 11.2 Å². The van der Waals surface area contributed by atoms with E-state index in [1.165, 1.54) is 19.3 Å². The summed E-state index contributed by atoms with van der Waals surface area (Å²) in [6, 6.07) is 2.05. The Labute approximate surface area is 164 Å². The van der Waals surface area contributed by atoms with Crippen molar-refractivity contribution >= 4 is 17.8 Å². The van der Waals surface area contributed by atoms with E-state index in [0.29, 0.717) is 19.3 Å². The minimum Gasteiger partial charge on any atom is -0.372 e. The van der Waals surface area contributed by atoms with Crippen LogP contribution in [0.5, 0.6) is 0 Å². The third kappa shape index (κ3) is 4.55. The molecule has 0 unspecified atom stereocenters. The van der Waals surface area contributed by atoms with Crippen LogP contribution in [0.1, 0.15) is 43.5 Å². The molecule has 3 heterocycles. The number of aryl methyl sites for hydroxylation is 2. The van der Waals surface area contributed by atoms with E-state index in [1.54, 1.807) is 11.8 Å². The highest BCUT2D eigenvalue weighted by molar-refractivity contribution is 7.99. The minimum atomic E-state index is -0.107. The lowest BCUT2D eigenvalue weighted by Crippen LogP contribution is -2.51. The van der Waals surface area contributed by atoms with E-state index in [2.05, 4.69) is 20.6 Å². The van der Waals surface area contributed by atoms with Crippen molar-refractivity contribution in [2.45, 2.75) is 80.6 Å². The average Bonchev–Trinajstić information content (AvgIpc) is 3.19. The number of rotatable bonds is 4. The van der Waals surface area contributed by atoms with Crippen molar-refractivity contribution in [2.24, 2.45) is 0 Å². The van der Waals surface area contributed by atoms with Gasteiger partial charge in [-0.1, -0.05) is 31.0 Å². The van der Waals surface area contributed by atoms with Gasteiger partial charge in [0.15, 0.2) is 5.16 Å². The van der Waals surface area contributed by atoms with E-state index in [1.807, 2.05) is 19.9 Å². The Morgan fingerprint density at radius 3 is 2.48 bits per heavy atom. The third-order valence-electron chi connectivity index (χ3n) is 5.48. The molecule has 7 nitrogen and oxygen atoms in total. The van der Waals surface area contributed by atoms with E-state index in [9.17, 15) is 4.79 Å². The van der Waals surface area contributed by atoms with Crippen LogP contribution in [-0.4, -0.2) is 58.8 Å². The maximum atomic E-state index is 12.3. The van der Waals surface area contributed by atoms with Crippen LogP contribution < -0.4 is 10.6 Å². The van der Waals surface area contributed by atoms with E-state index >= 15 is 0 Å². The number of ether oxygens (including phenoxy) is 2. The molecule has 0 radical (unpaired) electrons. The first-order valence-electron chi connectivity index (χ1n) is 9.87. The summed E-state index contributed by atoms with van der Waals surface area (Å²) in [5.41, 5.74) is 1.93. The first-order valence-corrected chi connectivity index (χ1v) is 10.8. The normalized spacial score (nSPS) is 30.9. The molecule has 27 heavy (non-hydrogen) atoms. The molecule has 8 heteroatoms. The Hall–Kier alpha value is -1.38. The van der Waals surface area contributed by atoms with Crippen LogP contribution >= 0.6 is 11.8 Å². The average molecular weight is 393 g/mol. The van der Waals surface area contributed by atoms with Gasteiger partial charge in [-0.05, 0) is 32.8 Å². The van der Waals surface area contributed by atoms with Gasteiger partial charge in [0.1, 0.15) is 12.2 Å². The molecule has 0 bridgehead atoms. The fourth-order valence-corrected chi connectivity index (χ4v) is 5.39. The minimum absolute atomic E-state index is 0.0422. The number of aromatic nitrogens is 2. The molecule has 1 saturated carbocycles. The summed E-state index contributed by atoms with van der Waals surface area (Å²) in [6.07, 6.45) is 5.68. The smallest absolute Gasteiger partial charge is 0.315 e. The summed E-state index contributed by atoms with van der Waals surface area (Å²) >= 11 is 1.60. The summed E-state index contributed by atoms with van der Waals surface area (Å²) in [5.74, 6) is 0. The molecule has 0 spiro atoms. The highest BCUT2D eigenvalue weighted by Gasteiger charge is 2.48. The summed E-state index contributed by atoms with van der Waals surface area (Å²) in [7, 11) is 0. The van der Waals surface area contributed by atoms with E-state index in [4.69, 9.17) is 9.47 Å². The highest BCUT2D eigenvalue weighted by Crippen LogP contribution is 2.36. The molecule has 3 fully saturated rings. The predicted octanol–water partition coefficient (Wildman–Crippen LogP) is 2.35. The van der Waals surface area contributed by atoms with Crippen molar-refractivity contribution in [3.63, 3.8) is 0 Å². The summed E-state index contributed by atoms with van der Waals surface area (Å²) in [6.45, 7) is 5.02. The van der Waals surface area contributed by atoms with Crippen LogP contribution in [0.2, 0.25) is 0 Å². The van der Waals surface area contributed by atoms with Crippen molar-refractivity contribution in [3.8, 4) is 0 Å². The van der Waals surface area contributed by atoms with Gasteiger partial charge in [-0.3, -0.25) is 0 Å². The number of urea groups is 1. The molecule has 148 valence electrons. The lowest BCUT2D eigenvalue weighted by molar-refractivity contribution is 0.0693. The van der Waals surface area contributed by atoms with E-state index in [-0.39, 0.29) is 29.5 Å². The maximum Gasteiger partial charge on any atom is 0.315 e. The third-order valence-corrected chi connectivity index (χ3v) is 6.58. The molecule has 1 aromatic heterocycles. The molecular weight excluding hydrogens is 364 g/mol. The molecule has 2 N–H and O–H groups in total. The lowest BCUT2D eigenvalue weighted by Gasteiger charge is -2.24. The number of carbonyl (C=O) groups excluding carboxylic acids is 1. The molecule has 4 rings (SSSR count). The largest absolute Gasteiger partial charge is 0.372 e. The van der Waals surface area contributed by atoms with Crippen LogP contribution in [0.4, 0.5) is 4.79 Å². The zero-order valence-electron chi connectivity index (χ0n) is 15.9. The van der Waals surface area contributed by atoms with Gasteiger partial charge < -0.3 is 20.1 Å². The SMILES string of the molecule is Cc1cc(C)nc(S[C@H]2CO[C@H]3[C@@H]2OC[C@@H]3NC(=O)NC2CCCCC2)n1. The Balaban J connectivity index is 1.31. The van der Waals surface area contributed by atoms with Gasteiger partial charge >= 0.3 is 6.03 Å². The van der Waals surface area contributed by atoms with Gasteiger partial charge in [0.2, 0.25) is 0 Å². The number of nitrogens with zero attached hydrogens (tertiary/aromatic N) is 2. The fraction of sp³-hybridized carbons (Fsp3) is 0.737. The number of hydrogen-bond donors (Lipinski definition) is 2. The first kappa shape index (κ1) is 19.0. The van der Waals surface area contributed by atoms with Gasteiger partial charge in [0.05, 0.1) is 24.5 Å². The van der Waals surface area contributed by atoms with Crippen molar-refractivity contribution in [2.75, 3.05) is 13.2 Å². The van der Waals surface area contributed by atoms with Gasteiger partial charge in [-0.2, -0.15) is 0 Å². The van der Waals surface area contributed by atoms with E-state index < -0.39 is 0 Å². The standard InChI is InChI=1S/C19H28N4O3S/c1-11-8-12(2)21-19(20-11)27-15-10-26-16-14(9-25-17(15)16)23-18(24)22-13-6-4-3-5-7-13/h8,13-17H,3-7,9-10H2,1-2H3,(H2,22,23,24)/t14-,15-,16+,17+/m0/s1. The van der Waals surface area contributed by atoms with Crippen LogP contribution in [-0.2, 0) is 9.47 Å². The van der Waals surface area contributed by atoms with Crippen molar-refractivity contribution in [1.82, 2.24) is 20.6 Å². The summed E-state index contributed by atoms with van der Waals surface area (Å²) in [5, 5.41) is 7.07. The number of nitrogens with one attached hydrogen (secondary N) is 2. The molecule has 2 aliphatic heterocycles. The Bertz CT molecular complexity index is 663. The Morgan fingerprint density at radius 1 is 1.04 bits per heavy atom. The Kier molecular flexibility index (Phi) is 5.85. The monoisotopic (exact) mass is 392 g/mol. The van der Waals surface area contributed by atoms with Crippen molar-refractivity contribution in [1.29, 1.82) is 0 Å². The summed E-state index contributed by atoms with van der Waals surface area (Å²) < 4.78 is 12.0. The van der Waals surface area contributed by atoms with Gasteiger partial charge in [-0.15, -0.1) is 0 Å². The zero-order valence-corrected chi connectivity index (χ0v) is 16.8. The highest BCUT2D eigenvalue weighted by atomic mass is 32.2. The quantitative estimate of drug-likeness (QED) is 0.765. The van der Waals surface area contributed by atoms with Crippen LogP contribution in [0, 0.1) is 13.8 Å². The van der Waals surface area contributed by atoms with Gasteiger partial charge in [0, 0.05) is 17.4 Å². The second-order valence-corrected chi connectivity index (χ2v) is 8.95. The summed E-state index contributed by atoms with van der Waals surface area (Å²) in [4.78, 5) is 21.4. The van der Waals surface area contributed by atoms with Gasteiger partial charge in [0.25, 0.3) is 0 Å². The molecule has 2 saturated heterocycles. The molecule has 4 atom stereocenters. The first-order chi connectivity index (χ1) is 13.1. The zero-order chi connectivity index (χ0) is 18.8. The molecule has 1 aromatic rings. The molecule has 0 aromatic carbocycles. The number of carbonyl (C=O) groups is 1. The van der Waals surface area contributed by atoms with E-state index in [0.717, 1.165) is 29.4 Å². The second-order valence-electron chi connectivity index (χ2n) is 7.74. The second kappa shape index (κ2) is 8.32. The van der Waals surface area contributed by atoms with Crippen molar-refractivity contribution in [3.05, 3.63) is 17.5 Å². The number of fused-ring (bicyclic) bond motifs is 1. The van der Waals surface area contributed by atoms with Gasteiger partial charge in [-0.25, -0.2) is 14.8 Å². The maximum absolute atomic E-state index is 12.3. The van der Waals surface area contributed by atoms with Crippen LogP contribution in [0.25, 0.3) is 0 Å². The molecule has 3 aliphatic rings. The Morgan fingerprint density at radius 2 is 1.74 bits per heavy atom. The number of thioether (sulfide) groups is 1. The fourth-order valence-electron chi connectivity index (χ4n) is 4.21. The topological polar surface area (TPSA) is 85.4 Å². The predicted molar refractivity (Wildman–Crippen MR) is 103 cm³/mol. The lowest BCUT2D eigenvalue weighted by atomic mass is 9.96. The molecule has 2 amide bonds. The van der Waals surface area contributed by atoms with Crippen molar-refractivity contribution < 1.29 is 14.3 Å². The van der Waals surface area contributed by atoms with Crippen LogP contribution in [0.3, 0.4) is 0 Å².